The Hall–Kier alpha value is -2.32. The molecule has 0 atom stereocenters. The van der Waals surface area contributed by atoms with Crippen LogP contribution in [0.4, 0.5) is 6.01 Å². The van der Waals surface area contributed by atoms with Gasteiger partial charge in [0.25, 0.3) is 6.01 Å². The van der Waals surface area contributed by atoms with Crippen molar-refractivity contribution in [2.45, 2.75) is 25.8 Å². The molecule has 1 fully saturated rings. The van der Waals surface area contributed by atoms with E-state index in [0.717, 1.165) is 53.2 Å². The number of rotatable bonds is 8. The van der Waals surface area contributed by atoms with Crippen molar-refractivity contribution in [2.75, 3.05) is 45.3 Å². The third-order valence-corrected chi connectivity index (χ3v) is 6.07. The second kappa shape index (κ2) is 9.66. The molecule has 30 heavy (non-hydrogen) atoms. The maximum absolute atomic E-state index is 6.14. The molecule has 7 nitrogen and oxygen atoms in total. The number of fused-ring (bicyclic) bond motifs is 1. The summed E-state index contributed by atoms with van der Waals surface area (Å²) >= 11 is 3.51. The highest BCUT2D eigenvalue weighted by atomic mass is 79.9. The van der Waals surface area contributed by atoms with Crippen molar-refractivity contribution in [3.8, 4) is 11.5 Å². The number of piperidine rings is 1. The number of benzene rings is 1. The van der Waals surface area contributed by atoms with Crippen LogP contribution in [0.25, 0.3) is 11.1 Å². The Balaban J connectivity index is 1.61. The molecule has 1 aliphatic rings. The first-order valence-corrected chi connectivity index (χ1v) is 11.1. The number of hydrogen-bond donors (Lipinski definition) is 0. The molecular formula is C22H27BrN4O3. The highest BCUT2D eigenvalue weighted by Gasteiger charge is 2.20. The summed E-state index contributed by atoms with van der Waals surface area (Å²) in [4.78, 5) is 13.6. The summed E-state index contributed by atoms with van der Waals surface area (Å²) in [5.74, 6) is 1.56. The highest BCUT2D eigenvalue weighted by molar-refractivity contribution is 9.10. The van der Waals surface area contributed by atoms with E-state index in [9.17, 15) is 0 Å². The zero-order chi connectivity index (χ0) is 20.9. The van der Waals surface area contributed by atoms with E-state index >= 15 is 0 Å². The standard InChI is InChI=1S/C22H27BrN4O3/c1-28-17-7-6-16(20(12-17)29-2)15-27(11-10-26-8-4-3-5-9-26)22-25-19-14-24-13-18(23)21(19)30-22/h6-7,12-14H,3-5,8-11,15H2,1-2H3. The van der Waals surface area contributed by atoms with Gasteiger partial charge in [-0.05, 0) is 54.0 Å². The van der Waals surface area contributed by atoms with Crippen LogP contribution in [-0.4, -0.2) is 55.3 Å². The Labute approximate surface area is 185 Å². The van der Waals surface area contributed by atoms with Gasteiger partial charge in [-0.1, -0.05) is 6.42 Å². The second-order valence-electron chi connectivity index (χ2n) is 7.47. The third-order valence-electron chi connectivity index (χ3n) is 5.50. The number of hydrogen-bond acceptors (Lipinski definition) is 7. The molecule has 0 radical (unpaired) electrons. The van der Waals surface area contributed by atoms with E-state index in [4.69, 9.17) is 18.9 Å². The van der Waals surface area contributed by atoms with Gasteiger partial charge in [0.1, 0.15) is 17.0 Å². The molecule has 0 unspecified atom stereocenters. The Morgan fingerprint density at radius 2 is 1.97 bits per heavy atom. The molecule has 0 saturated carbocycles. The zero-order valence-electron chi connectivity index (χ0n) is 17.4. The van der Waals surface area contributed by atoms with Crippen LogP contribution in [0.15, 0.2) is 39.5 Å². The minimum Gasteiger partial charge on any atom is -0.497 e. The number of ether oxygens (including phenoxy) is 2. The molecule has 8 heteroatoms. The van der Waals surface area contributed by atoms with E-state index in [1.807, 2.05) is 18.2 Å². The third kappa shape index (κ3) is 4.70. The fourth-order valence-corrected chi connectivity index (χ4v) is 4.22. The molecule has 4 rings (SSSR count). The molecule has 3 heterocycles. The van der Waals surface area contributed by atoms with Crippen molar-refractivity contribution in [1.82, 2.24) is 14.9 Å². The summed E-state index contributed by atoms with van der Waals surface area (Å²) in [6.45, 7) is 4.72. The van der Waals surface area contributed by atoms with Gasteiger partial charge in [0.05, 0.1) is 31.4 Å². The molecule has 2 aromatic heterocycles. The van der Waals surface area contributed by atoms with Crippen molar-refractivity contribution < 1.29 is 13.9 Å². The van der Waals surface area contributed by atoms with Gasteiger partial charge in [0.15, 0.2) is 5.58 Å². The molecule has 0 aliphatic carbocycles. The Morgan fingerprint density at radius 3 is 2.70 bits per heavy atom. The van der Waals surface area contributed by atoms with Crippen molar-refractivity contribution in [3.05, 3.63) is 40.6 Å². The van der Waals surface area contributed by atoms with Crippen LogP contribution >= 0.6 is 15.9 Å². The smallest absolute Gasteiger partial charge is 0.298 e. The Morgan fingerprint density at radius 1 is 1.13 bits per heavy atom. The van der Waals surface area contributed by atoms with Gasteiger partial charge in [0, 0.05) is 30.9 Å². The number of pyridine rings is 1. The van der Waals surface area contributed by atoms with Crippen LogP contribution in [0.3, 0.4) is 0 Å². The van der Waals surface area contributed by atoms with Crippen LogP contribution in [0, 0.1) is 0 Å². The van der Waals surface area contributed by atoms with Crippen LogP contribution in [-0.2, 0) is 6.54 Å². The largest absolute Gasteiger partial charge is 0.497 e. The van der Waals surface area contributed by atoms with Crippen LogP contribution in [0.5, 0.6) is 11.5 Å². The first kappa shape index (κ1) is 20.9. The molecule has 0 bridgehead atoms. The minimum atomic E-state index is 0.591. The topological polar surface area (TPSA) is 63.9 Å². The number of methoxy groups -OCH3 is 2. The van der Waals surface area contributed by atoms with Crippen molar-refractivity contribution >= 4 is 33.0 Å². The van der Waals surface area contributed by atoms with Crippen LogP contribution < -0.4 is 14.4 Å². The van der Waals surface area contributed by atoms with E-state index in [1.165, 1.54) is 19.3 Å². The molecule has 0 spiro atoms. The normalized spacial score (nSPS) is 14.8. The van der Waals surface area contributed by atoms with E-state index in [2.05, 4.69) is 30.7 Å². The number of likely N-dealkylation sites (tertiary alicyclic amines) is 1. The Kier molecular flexibility index (Phi) is 6.74. The first-order valence-electron chi connectivity index (χ1n) is 10.3. The quantitative estimate of drug-likeness (QED) is 0.476. The number of oxazole rings is 1. The van der Waals surface area contributed by atoms with Gasteiger partial charge in [-0.3, -0.25) is 4.98 Å². The molecule has 1 saturated heterocycles. The molecule has 3 aromatic rings. The molecule has 0 amide bonds. The van der Waals surface area contributed by atoms with Gasteiger partial charge < -0.3 is 23.7 Å². The number of nitrogens with zero attached hydrogens (tertiary/aromatic N) is 4. The van der Waals surface area contributed by atoms with Crippen LogP contribution in [0.1, 0.15) is 24.8 Å². The monoisotopic (exact) mass is 474 g/mol. The lowest BCUT2D eigenvalue weighted by Crippen LogP contribution is -2.38. The number of anilines is 1. The van der Waals surface area contributed by atoms with Gasteiger partial charge in [0.2, 0.25) is 0 Å². The van der Waals surface area contributed by atoms with E-state index in [-0.39, 0.29) is 0 Å². The molecule has 1 aromatic carbocycles. The average molecular weight is 475 g/mol. The lowest BCUT2D eigenvalue weighted by atomic mass is 10.1. The van der Waals surface area contributed by atoms with Gasteiger partial charge in [-0.15, -0.1) is 0 Å². The fourth-order valence-electron chi connectivity index (χ4n) is 3.82. The molecule has 1 aliphatic heterocycles. The summed E-state index contributed by atoms with van der Waals surface area (Å²) in [6, 6.07) is 6.48. The maximum Gasteiger partial charge on any atom is 0.298 e. The van der Waals surface area contributed by atoms with Crippen molar-refractivity contribution in [1.29, 1.82) is 0 Å². The van der Waals surface area contributed by atoms with Crippen molar-refractivity contribution in [3.63, 3.8) is 0 Å². The summed E-state index contributed by atoms with van der Waals surface area (Å²) in [5.41, 5.74) is 2.50. The summed E-state index contributed by atoms with van der Waals surface area (Å²) < 4.78 is 17.9. The SMILES string of the molecule is COc1ccc(CN(CCN2CCCCC2)c2nc3cncc(Br)c3o2)c(OC)c1. The predicted molar refractivity (Wildman–Crippen MR) is 120 cm³/mol. The number of halogens is 1. The fraction of sp³-hybridized carbons (Fsp3) is 0.455. The molecule has 0 N–H and O–H groups in total. The summed E-state index contributed by atoms with van der Waals surface area (Å²) in [5, 5.41) is 0. The first-order chi connectivity index (χ1) is 14.7. The Bertz CT molecular complexity index is 988. The lowest BCUT2D eigenvalue weighted by Gasteiger charge is -2.29. The lowest BCUT2D eigenvalue weighted by molar-refractivity contribution is 0.232. The maximum atomic E-state index is 6.14. The van der Waals surface area contributed by atoms with Crippen molar-refractivity contribution in [2.24, 2.45) is 0 Å². The number of aromatic nitrogens is 2. The van der Waals surface area contributed by atoms with Crippen LogP contribution in [0.2, 0.25) is 0 Å². The van der Waals surface area contributed by atoms with Gasteiger partial charge >= 0.3 is 0 Å². The summed E-state index contributed by atoms with van der Waals surface area (Å²) in [7, 11) is 3.34. The molecule has 160 valence electrons. The van der Waals surface area contributed by atoms with E-state index in [0.29, 0.717) is 18.1 Å². The highest BCUT2D eigenvalue weighted by Crippen LogP contribution is 2.31. The summed E-state index contributed by atoms with van der Waals surface area (Å²) in [6.07, 6.45) is 7.32. The minimum absolute atomic E-state index is 0.591. The van der Waals surface area contributed by atoms with E-state index in [1.54, 1.807) is 26.6 Å². The predicted octanol–water partition coefficient (Wildman–Crippen LogP) is 4.50. The average Bonchev–Trinajstić information content (AvgIpc) is 3.23. The van der Waals surface area contributed by atoms with Gasteiger partial charge in [-0.2, -0.15) is 4.98 Å². The zero-order valence-corrected chi connectivity index (χ0v) is 19.0. The molecular weight excluding hydrogens is 448 g/mol. The van der Waals surface area contributed by atoms with E-state index < -0.39 is 0 Å². The second-order valence-corrected chi connectivity index (χ2v) is 8.32. The van der Waals surface area contributed by atoms with Gasteiger partial charge in [-0.25, -0.2) is 0 Å².